The molecule has 7 heteroatoms. The number of carbonyl (C=O) groups excluding carboxylic acids is 2. The van der Waals surface area contributed by atoms with Crippen LogP contribution in [0.2, 0.25) is 0 Å². The molecule has 0 radical (unpaired) electrons. The maximum atomic E-state index is 12.3. The summed E-state index contributed by atoms with van der Waals surface area (Å²) in [6.07, 6.45) is 3.07. The molecule has 6 nitrogen and oxygen atoms in total. The second kappa shape index (κ2) is 8.35. The zero-order valence-corrected chi connectivity index (χ0v) is 14.9. The highest BCUT2D eigenvalue weighted by Crippen LogP contribution is 2.17. The van der Waals surface area contributed by atoms with Crippen molar-refractivity contribution < 1.29 is 14.0 Å². The zero-order valence-electron chi connectivity index (χ0n) is 14.1. The first-order valence-corrected chi connectivity index (χ1v) is 8.99. The molecule has 2 amide bonds. The zero-order chi connectivity index (χ0) is 18.4. The highest BCUT2D eigenvalue weighted by molar-refractivity contribution is 7.99. The number of thioether (sulfide) groups is 1. The summed E-state index contributed by atoms with van der Waals surface area (Å²) in [5.74, 6) is 0.584. The van der Waals surface area contributed by atoms with Gasteiger partial charge in [-0.25, -0.2) is 4.98 Å². The summed E-state index contributed by atoms with van der Waals surface area (Å²) in [5.41, 5.74) is 1.68. The van der Waals surface area contributed by atoms with Crippen molar-refractivity contribution in [2.75, 3.05) is 16.4 Å². The molecular weight excluding hydrogens is 350 g/mol. The Kier molecular flexibility index (Phi) is 5.70. The van der Waals surface area contributed by atoms with E-state index in [4.69, 9.17) is 4.42 Å². The monoisotopic (exact) mass is 367 g/mol. The van der Waals surface area contributed by atoms with Gasteiger partial charge in [-0.15, -0.1) is 11.8 Å². The average Bonchev–Trinajstić information content (AvgIpc) is 3.19. The Labute approximate surface area is 155 Å². The van der Waals surface area contributed by atoms with Crippen LogP contribution in [0.4, 0.5) is 11.4 Å². The van der Waals surface area contributed by atoms with Crippen LogP contribution in [-0.2, 0) is 0 Å². The molecule has 0 saturated heterocycles. The SMILES string of the molecule is CCSc1ccc(NC(=O)c2ccc(NC(=O)c3ccco3)cc2)cn1. The molecule has 0 aliphatic rings. The number of pyridine rings is 1. The Morgan fingerprint density at radius 3 is 2.35 bits per heavy atom. The van der Waals surface area contributed by atoms with E-state index in [1.807, 2.05) is 12.1 Å². The number of nitrogens with one attached hydrogen (secondary N) is 2. The number of benzene rings is 1. The number of rotatable bonds is 6. The molecule has 2 heterocycles. The lowest BCUT2D eigenvalue weighted by Crippen LogP contribution is -2.13. The molecular formula is C19H17N3O3S. The van der Waals surface area contributed by atoms with E-state index >= 15 is 0 Å². The van der Waals surface area contributed by atoms with Crippen LogP contribution in [0.3, 0.4) is 0 Å². The van der Waals surface area contributed by atoms with Crippen molar-refractivity contribution in [3.8, 4) is 0 Å². The third-order valence-electron chi connectivity index (χ3n) is 3.44. The van der Waals surface area contributed by atoms with Crippen molar-refractivity contribution in [3.63, 3.8) is 0 Å². The number of carbonyl (C=O) groups is 2. The maximum absolute atomic E-state index is 12.3. The summed E-state index contributed by atoms with van der Waals surface area (Å²) in [6.45, 7) is 2.06. The quantitative estimate of drug-likeness (QED) is 0.635. The van der Waals surface area contributed by atoms with Crippen molar-refractivity contribution in [3.05, 3.63) is 72.3 Å². The molecule has 0 bridgehead atoms. The van der Waals surface area contributed by atoms with Gasteiger partial charge in [-0.2, -0.15) is 0 Å². The van der Waals surface area contributed by atoms with Gasteiger partial charge in [0.1, 0.15) is 0 Å². The van der Waals surface area contributed by atoms with Crippen LogP contribution in [0.1, 0.15) is 27.8 Å². The number of hydrogen-bond donors (Lipinski definition) is 2. The summed E-state index contributed by atoms with van der Waals surface area (Å²) in [4.78, 5) is 28.5. The Bertz CT molecular complexity index is 875. The first-order chi connectivity index (χ1) is 12.7. The Balaban J connectivity index is 1.60. The lowest BCUT2D eigenvalue weighted by atomic mass is 10.2. The number of anilines is 2. The minimum absolute atomic E-state index is 0.226. The minimum atomic E-state index is -0.344. The lowest BCUT2D eigenvalue weighted by molar-refractivity contribution is 0.0995. The van der Waals surface area contributed by atoms with Gasteiger partial charge in [0.2, 0.25) is 0 Å². The van der Waals surface area contributed by atoms with Crippen LogP contribution < -0.4 is 10.6 Å². The number of amides is 2. The number of hydrogen-bond acceptors (Lipinski definition) is 5. The molecule has 3 rings (SSSR count). The summed E-state index contributed by atoms with van der Waals surface area (Å²) in [6, 6.07) is 13.5. The third-order valence-corrected chi connectivity index (χ3v) is 4.26. The summed E-state index contributed by atoms with van der Waals surface area (Å²) < 4.78 is 5.04. The predicted molar refractivity (Wildman–Crippen MR) is 102 cm³/mol. The van der Waals surface area contributed by atoms with Gasteiger partial charge in [-0.1, -0.05) is 6.92 Å². The molecule has 0 unspecified atom stereocenters. The van der Waals surface area contributed by atoms with E-state index in [2.05, 4.69) is 22.5 Å². The Hall–Kier alpha value is -3.06. The van der Waals surface area contributed by atoms with Gasteiger partial charge < -0.3 is 15.1 Å². The van der Waals surface area contributed by atoms with Crippen molar-refractivity contribution >= 4 is 35.0 Å². The molecule has 132 valence electrons. The fraction of sp³-hybridized carbons (Fsp3) is 0.105. The molecule has 3 aromatic rings. The highest BCUT2D eigenvalue weighted by atomic mass is 32.2. The first-order valence-electron chi connectivity index (χ1n) is 8.01. The highest BCUT2D eigenvalue weighted by Gasteiger charge is 2.10. The van der Waals surface area contributed by atoms with Crippen molar-refractivity contribution in [1.29, 1.82) is 0 Å². The third kappa shape index (κ3) is 4.52. The van der Waals surface area contributed by atoms with Crippen LogP contribution in [0, 0.1) is 0 Å². The standard InChI is InChI=1S/C19H17N3O3S/c1-2-26-17-10-9-15(12-20-17)22-18(23)13-5-7-14(8-6-13)21-19(24)16-4-3-11-25-16/h3-12H,2H2,1H3,(H,21,24)(H,22,23). The predicted octanol–water partition coefficient (Wildman–Crippen LogP) is 4.29. The van der Waals surface area contributed by atoms with Gasteiger partial charge in [0.15, 0.2) is 5.76 Å². The summed E-state index contributed by atoms with van der Waals surface area (Å²) >= 11 is 1.64. The fourth-order valence-electron chi connectivity index (χ4n) is 2.20. The average molecular weight is 367 g/mol. The Morgan fingerprint density at radius 2 is 1.73 bits per heavy atom. The normalized spacial score (nSPS) is 10.3. The van der Waals surface area contributed by atoms with Crippen molar-refractivity contribution in [2.24, 2.45) is 0 Å². The van der Waals surface area contributed by atoms with E-state index in [0.717, 1.165) is 10.8 Å². The molecule has 0 atom stereocenters. The van der Waals surface area contributed by atoms with E-state index in [1.165, 1.54) is 6.26 Å². The van der Waals surface area contributed by atoms with E-state index in [1.54, 1.807) is 54.4 Å². The van der Waals surface area contributed by atoms with Gasteiger partial charge in [0.25, 0.3) is 11.8 Å². The molecule has 26 heavy (non-hydrogen) atoms. The minimum Gasteiger partial charge on any atom is -0.459 e. The van der Waals surface area contributed by atoms with Gasteiger partial charge in [-0.3, -0.25) is 9.59 Å². The van der Waals surface area contributed by atoms with E-state index < -0.39 is 0 Å². The first kappa shape index (κ1) is 17.8. The lowest BCUT2D eigenvalue weighted by Gasteiger charge is -2.07. The summed E-state index contributed by atoms with van der Waals surface area (Å²) in [7, 11) is 0. The van der Waals surface area contributed by atoms with Crippen molar-refractivity contribution in [2.45, 2.75) is 11.9 Å². The maximum Gasteiger partial charge on any atom is 0.291 e. The largest absolute Gasteiger partial charge is 0.459 e. The number of nitrogens with zero attached hydrogens (tertiary/aromatic N) is 1. The van der Waals surface area contributed by atoms with Crippen molar-refractivity contribution in [1.82, 2.24) is 4.98 Å². The van der Waals surface area contributed by atoms with Crippen LogP contribution >= 0.6 is 11.8 Å². The van der Waals surface area contributed by atoms with Gasteiger partial charge >= 0.3 is 0 Å². The molecule has 0 fully saturated rings. The molecule has 0 spiro atoms. The molecule has 0 aliphatic heterocycles. The number of furan rings is 1. The number of aromatic nitrogens is 1. The van der Waals surface area contributed by atoms with Crippen LogP contribution in [0.25, 0.3) is 0 Å². The van der Waals surface area contributed by atoms with Crippen LogP contribution in [0.15, 0.2) is 70.4 Å². The smallest absolute Gasteiger partial charge is 0.291 e. The molecule has 0 aliphatic carbocycles. The Morgan fingerprint density at radius 1 is 1.00 bits per heavy atom. The van der Waals surface area contributed by atoms with Gasteiger partial charge in [0.05, 0.1) is 23.2 Å². The molecule has 0 saturated carbocycles. The summed E-state index contributed by atoms with van der Waals surface area (Å²) in [5, 5.41) is 6.42. The molecule has 1 aromatic carbocycles. The molecule has 2 aromatic heterocycles. The van der Waals surface area contributed by atoms with E-state index in [9.17, 15) is 9.59 Å². The molecule has 2 N–H and O–H groups in total. The van der Waals surface area contributed by atoms with E-state index in [-0.39, 0.29) is 17.6 Å². The van der Waals surface area contributed by atoms with E-state index in [0.29, 0.717) is 16.9 Å². The topological polar surface area (TPSA) is 84.2 Å². The fourth-order valence-corrected chi connectivity index (χ4v) is 2.78. The second-order valence-corrected chi connectivity index (χ2v) is 6.57. The second-order valence-electron chi connectivity index (χ2n) is 5.28. The van der Waals surface area contributed by atoms with Gasteiger partial charge in [0, 0.05) is 11.3 Å². The van der Waals surface area contributed by atoms with Crippen LogP contribution in [-0.4, -0.2) is 22.6 Å². The van der Waals surface area contributed by atoms with Crippen LogP contribution in [0.5, 0.6) is 0 Å². The van der Waals surface area contributed by atoms with Gasteiger partial charge in [-0.05, 0) is 54.3 Å².